The first-order chi connectivity index (χ1) is 20.1. The summed E-state index contributed by atoms with van der Waals surface area (Å²) in [7, 11) is 1.23. The predicted octanol–water partition coefficient (Wildman–Crippen LogP) is 3.62. The zero-order valence-electron chi connectivity index (χ0n) is 24.3. The quantitative estimate of drug-likeness (QED) is 0.0603. The van der Waals surface area contributed by atoms with Gasteiger partial charge in [-0.15, -0.1) is 0 Å². The number of aliphatic imine (C=N–C) groups is 1. The Morgan fingerprint density at radius 2 is 1.93 bits per heavy atom. The van der Waals surface area contributed by atoms with E-state index in [-0.39, 0.29) is 16.8 Å². The molecule has 1 unspecified atom stereocenters. The Kier molecular flexibility index (Phi) is 11.6. The van der Waals surface area contributed by atoms with Crippen LogP contribution in [0.25, 0.3) is 0 Å². The SMILES string of the molecule is COC(=O)C1=C(C)N(CCCCCCNC(N)=NCCCc2cnc[nH]2)C(C)=C(C(=O)O)C1c1cccc([N+](=O)[O-])c1. The molecule has 1 aromatic carbocycles. The average molecular weight is 582 g/mol. The topological polar surface area (TPSA) is 189 Å². The van der Waals surface area contributed by atoms with Crippen molar-refractivity contribution >= 4 is 23.6 Å². The lowest BCUT2D eigenvalue weighted by Crippen LogP contribution is -2.35. The molecule has 2 heterocycles. The van der Waals surface area contributed by atoms with Crippen LogP contribution in [0.2, 0.25) is 0 Å². The van der Waals surface area contributed by atoms with E-state index >= 15 is 0 Å². The molecule has 1 aliphatic heterocycles. The molecule has 0 fully saturated rings. The van der Waals surface area contributed by atoms with E-state index < -0.39 is 22.8 Å². The Hall–Kier alpha value is -4.68. The monoisotopic (exact) mass is 581 g/mol. The average Bonchev–Trinajstić information content (AvgIpc) is 3.49. The van der Waals surface area contributed by atoms with Crippen molar-refractivity contribution in [1.82, 2.24) is 20.2 Å². The number of carbonyl (C=O) groups is 2. The van der Waals surface area contributed by atoms with Gasteiger partial charge < -0.3 is 30.8 Å². The standard InChI is InChI=1S/C29H39N7O6/c1-19-24(27(37)38)26(21-10-8-12-23(16-21)36(40)41)25(28(39)42-3)20(2)35(19)15-7-5-4-6-13-32-29(30)33-14-9-11-22-17-31-18-34-22/h8,10,12,16-18,26H,4-7,9,11,13-15H2,1-3H3,(H,31,34)(H,37,38)(H3,30,32,33). The number of nitrogens with one attached hydrogen (secondary N) is 2. The largest absolute Gasteiger partial charge is 0.478 e. The van der Waals surface area contributed by atoms with E-state index in [0.717, 1.165) is 44.2 Å². The van der Waals surface area contributed by atoms with Crippen molar-refractivity contribution in [3.63, 3.8) is 0 Å². The maximum absolute atomic E-state index is 13.0. The van der Waals surface area contributed by atoms with Crippen molar-refractivity contribution in [2.24, 2.45) is 10.7 Å². The number of nitrogens with zero attached hydrogens (tertiary/aromatic N) is 4. The molecule has 0 aliphatic carbocycles. The number of hydrogen-bond donors (Lipinski definition) is 4. The number of non-ortho nitro benzene ring substituents is 1. The van der Waals surface area contributed by atoms with Crippen molar-refractivity contribution in [1.29, 1.82) is 0 Å². The maximum atomic E-state index is 13.0. The highest BCUT2D eigenvalue weighted by Crippen LogP contribution is 2.43. The number of benzene rings is 1. The Morgan fingerprint density at radius 1 is 1.19 bits per heavy atom. The number of aryl methyl sites for hydroxylation is 1. The minimum Gasteiger partial charge on any atom is -0.478 e. The van der Waals surface area contributed by atoms with E-state index in [2.05, 4.69) is 20.3 Å². The molecule has 1 aromatic heterocycles. The number of nitro benzene ring substituents is 1. The number of carboxylic acid groups (broad SMARTS) is 1. The number of methoxy groups -OCH3 is 1. The van der Waals surface area contributed by atoms with Crippen LogP contribution < -0.4 is 11.1 Å². The molecule has 42 heavy (non-hydrogen) atoms. The second-order valence-electron chi connectivity index (χ2n) is 10.0. The molecule has 0 spiro atoms. The second-order valence-corrected chi connectivity index (χ2v) is 10.0. The fourth-order valence-corrected chi connectivity index (χ4v) is 5.16. The third-order valence-corrected chi connectivity index (χ3v) is 7.27. The van der Waals surface area contributed by atoms with Crippen LogP contribution in [0.5, 0.6) is 0 Å². The summed E-state index contributed by atoms with van der Waals surface area (Å²) in [6, 6.07) is 5.70. The van der Waals surface area contributed by atoms with Gasteiger partial charge in [-0.25, -0.2) is 14.6 Å². The number of unbranched alkanes of at least 4 members (excludes halogenated alkanes) is 3. The molecular weight excluding hydrogens is 542 g/mol. The summed E-state index contributed by atoms with van der Waals surface area (Å²) < 4.78 is 5.03. The Labute approximate surface area is 244 Å². The number of ether oxygens (including phenoxy) is 1. The summed E-state index contributed by atoms with van der Waals surface area (Å²) in [5.74, 6) is -2.46. The highest BCUT2D eigenvalue weighted by atomic mass is 16.6. The molecule has 0 bridgehead atoms. The van der Waals surface area contributed by atoms with E-state index in [4.69, 9.17) is 10.5 Å². The summed E-state index contributed by atoms with van der Waals surface area (Å²) in [6.07, 6.45) is 8.63. The van der Waals surface area contributed by atoms with Gasteiger partial charge in [0.15, 0.2) is 5.96 Å². The summed E-state index contributed by atoms with van der Waals surface area (Å²) in [6.45, 7) is 5.27. The van der Waals surface area contributed by atoms with Crippen molar-refractivity contribution in [2.75, 3.05) is 26.7 Å². The van der Waals surface area contributed by atoms with E-state index in [0.29, 0.717) is 42.6 Å². The van der Waals surface area contributed by atoms with Gasteiger partial charge in [0.25, 0.3) is 5.69 Å². The molecule has 1 atom stereocenters. The van der Waals surface area contributed by atoms with Crippen molar-refractivity contribution in [3.8, 4) is 0 Å². The van der Waals surface area contributed by atoms with Crippen molar-refractivity contribution in [2.45, 2.75) is 58.3 Å². The van der Waals surface area contributed by atoms with Gasteiger partial charge in [-0.3, -0.25) is 15.1 Å². The molecule has 2 aromatic rings. The third kappa shape index (κ3) is 8.18. The molecule has 0 radical (unpaired) electrons. The van der Waals surface area contributed by atoms with Crippen LogP contribution in [0.1, 0.15) is 63.1 Å². The molecule has 5 N–H and O–H groups in total. The lowest BCUT2D eigenvalue weighted by Gasteiger charge is -2.37. The number of hydrogen-bond acceptors (Lipinski definition) is 8. The lowest BCUT2D eigenvalue weighted by atomic mass is 9.79. The first kappa shape index (κ1) is 31.8. The number of aromatic amines is 1. The summed E-state index contributed by atoms with van der Waals surface area (Å²) in [4.78, 5) is 49.5. The van der Waals surface area contributed by atoms with Crippen LogP contribution in [0.4, 0.5) is 5.69 Å². The normalized spacial score (nSPS) is 15.6. The number of imidazole rings is 1. The molecule has 226 valence electrons. The smallest absolute Gasteiger partial charge is 0.336 e. The predicted molar refractivity (Wildman–Crippen MR) is 157 cm³/mol. The number of aliphatic carboxylic acids is 1. The van der Waals surface area contributed by atoms with Gasteiger partial charge in [0.1, 0.15) is 0 Å². The number of carbonyl (C=O) groups excluding carboxylic acids is 1. The number of H-pyrrole nitrogens is 1. The zero-order valence-corrected chi connectivity index (χ0v) is 24.3. The molecule has 0 amide bonds. The first-order valence-electron chi connectivity index (χ1n) is 13.9. The van der Waals surface area contributed by atoms with Crippen LogP contribution in [-0.4, -0.2) is 69.5 Å². The molecule has 1 aliphatic rings. The van der Waals surface area contributed by atoms with Crippen molar-refractivity contribution < 1.29 is 24.4 Å². The molecule has 13 heteroatoms. The highest BCUT2D eigenvalue weighted by molar-refractivity contribution is 5.99. The molecule has 13 nitrogen and oxygen atoms in total. The number of allylic oxidation sites excluding steroid dienone is 2. The van der Waals surface area contributed by atoms with E-state index in [1.165, 1.54) is 25.3 Å². The number of guanidine groups is 1. The fraction of sp³-hybridized carbons (Fsp3) is 0.448. The number of esters is 1. The summed E-state index contributed by atoms with van der Waals surface area (Å²) in [5.41, 5.74) is 8.38. The minimum atomic E-state index is -1.20. The number of nitrogens with two attached hydrogens (primary N) is 1. The van der Waals surface area contributed by atoms with E-state index in [1.807, 2.05) is 4.90 Å². The van der Waals surface area contributed by atoms with E-state index in [1.54, 1.807) is 32.4 Å². The highest BCUT2D eigenvalue weighted by Gasteiger charge is 2.40. The maximum Gasteiger partial charge on any atom is 0.336 e. The number of carboxylic acids is 1. The number of rotatable bonds is 15. The molecule has 0 saturated carbocycles. The summed E-state index contributed by atoms with van der Waals surface area (Å²) >= 11 is 0. The van der Waals surface area contributed by atoms with Gasteiger partial charge in [-0.1, -0.05) is 25.0 Å². The van der Waals surface area contributed by atoms with Gasteiger partial charge in [0.05, 0.1) is 35.4 Å². The molecule has 0 saturated heterocycles. The molecule has 3 rings (SSSR count). The Morgan fingerprint density at radius 3 is 2.60 bits per heavy atom. The fourth-order valence-electron chi connectivity index (χ4n) is 5.16. The van der Waals surface area contributed by atoms with Gasteiger partial charge >= 0.3 is 11.9 Å². The Balaban J connectivity index is 1.59. The lowest BCUT2D eigenvalue weighted by molar-refractivity contribution is -0.384. The van der Waals surface area contributed by atoms with Gasteiger partial charge in [0, 0.05) is 55.1 Å². The van der Waals surface area contributed by atoms with Gasteiger partial charge in [0.2, 0.25) is 0 Å². The third-order valence-electron chi connectivity index (χ3n) is 7.27. The van der Waals surface area contributed by atoms with Gasteiger partial charge in [-0.05, 0) is 45.1 Å². The molecular formula is C29H39N7O6. The Bertz CT molecular complexity index is 1350. The van der Waals surface area contributed by atoms with Crippen LogP contribution in [0, 0.1) is 10.1 Å². The van der Waals surface area contributed by atoms with Crippen molar-refractivity contribution in [3.05, 3.63) is 80.7 Å². The van der Waals surface area contributed by atoms with Crippen LogP contribution in [0.3, 0.4) is 0 Å². The number of aromatic nitrogens is 2. The van der Waals surface area contributed by atoms with Crippen LogP contribution >= 0.6 is 0 Å². The van der Waals surface area contributed by atoms with E-state index in [9.17, 15) is 24.8 Å². The minimum absolute atomic E-state index is 0.00924. The van der Waals surface area contributed by atoms with Crippen LogP contribution in [0.15, 0.2) is 64.3 Å². The first-order valence-corrected chi connectivity index (χ1v) is 13.9. The summed E-state index contributed by atoms with van der Waals surface area (Å²) in [5, 5.41) is 24.7. The number of nitro groups is 1. The van der Waals surface area contributed by atoms with Gasteiger partial charge in [-0.2, -0.15) is 0 Å². The second kappa shape index (κ2) is 15.4. The zero-order chi connectivity index (χ0) is 30.6. The van der Waals surface area contributed by atoms with Crippen LogP contribution in [-0.2, 0) is 20.7 Å².